The summed E-state index contributed by atoms with van der Waals surface area (Å²) in [6, 6.07) is -2.53. The largest absolute Gasteiger partial charge is 0.477 e. The number of aliphatic hydroxyl groups excluding tert-OH is 11. The lowest BCUT2D eigenvalue weighted by molar-refractivity contribution is -0.386. The first-order valence-corrected chi connectivity index (χ1v) is 42.4. The summed E-state index contributed by atoms with van der Waals surface area (Å²) in [6.07, 6.45) is 35.2. The predicted octanol–water partition coefficient (Wildman–Crippen LogP) is 12.0. The van der Waals surface area contributed by atoms with Gasteiger partial charge in [-0.05, 0) is 12.8 Å². The maximum Gasteiger partial charge on any atom is 0.364 e. The van der Waals surface area contributed by atoms with Crippen molar-refractivity contribution in [2.75, 3.05) is 26.4 Å². The lowest BCUT2D eigenvalue weighted by atomic mass is 9.88. The van der Waals surface area contributed by atoms with Crippen LogP contribution in [0.1, 0.15) is 361 Å². The van der Waals surface area contributed by atoms with Gasteiger partial charge in [-0.2, -0.15) is 0 Å². The molecule has 3 saturated heterocycles. The van der Waals surface area contributed by atoms with E-state index in [4.69, 9.17) is 28.4 Å². The molecular formula is C81H154N2O21. The van der Waals surface area contributed by atoms with E-state index >= 15 is 0 Å². The topological polar surface area (TPSA) is 373 Å². The average Bonchev–Trinajstić information content (AvgIpc) is 0.753. The molecule has 14 N–H and O–H groups in total. The Balaban J connectivity index is 1.49. The average molecular weight is 1490 g/mol. The summed E-state index contributed by atoms with van der Waals surface area (Å²) in [5.74, 6) is -6.09. The molecule has 0 aromatic rings. The molecule has 3 aliphatic heterocycles. The Morgan fingerprint density at radius 3 is 1.20 bits per heavy atom. The van der Waals surface area contributed by atoms with Gasteiger partial charge in [-0.1, -0.05) is 328 Å². The van der Waals surface area contributed by atoms with Crippen molar-refractivity contribution in [3.8, 4) is 0 Å². The Labute approximate surface area is 627 Å². The zero-order valence-corrected chi connectivity index (χ0v) is 65.2. The minimum atomic E-state index is -3.08. The highest BCUT2D eigenvalue weighted by molar-refractivity contribution is 5.77. The molecule has 0 aliphatic carbocycles. The number of amides is 2. The highest BCUT2D eigenvalue weighted by Crippen LogP contribution is 2.39. The number of hydrogen-bond acceptors (Lipinski definition) is 20. The number of aliphatic carboxylic acids is 1. The second kappa shape index (κ2) is 60.5. The molecule has 0 aromatic heterocycles. The van der Waals surface area contributed by atoms with Crippen LogP contribution < -0.4 is 10.6 Å². The lowest BCUT2D eigenvalue weighted by Crippen LogP contribution is -2.70. The third kappa shape index (κ3) is 40.1. The summed E-state index contributed by atoms with van der Waals surface area (Å²) in [6.45, 7) is 2.28. The molecule has 0 spiro atoms. The zero-order valence-electron chi connectivity index (χ0n) is 65.2. The van der Waals surface area contributed by atoms with Gasteiger partial charge in [-0.15, -0.1) is 0 Å². The molecular weight excluding hydrogens is 1340 g/mol. The fourth-order valence-electron chi connectivity index (χ4n) is 15.1. The summed E-state index contributed by atoms with van der Waals surface area (Å²) in [7, 11) is 0. The number of unbranched alkanes of at least 4 members (excludes halogenated alkanes) is 48. The van der Waals surface area contributed by atoms with E-state index < -0.39 is 148 Å². The smallest absolute Gasteiger partial charge is 0.364 e. The summed E-state index contributed by atoms with van der Waals surface area (Å²) < 4.78 is 35.0. The summed E-state index contributed by atoms with van der Waals surface area (Å²) >= 11 is 0. The number of ether oxygens (including phenoxy) is 6. The Bertz CT molecular complexity index is 2070. The van der Waals surface area contributed by atoms with Crippen LogP contribution in [0.4, 0.5) is 0 Å². The van der Waals surface area contributed by atoms with Gasteiger partial charge in [0.2, 0.25) is 11.8 Å². The van der Waals surface area contributed by atoms with Crippen LogP contribution in [-0.4, -0.2) is 215 Å². The molecule has 23 heteroatoms. The van der Waals surface area contributed by atoms with Crippen LogP contribution in [0.2, 0.25) is 0 Å². The van der Waals surface area contributed by atoms with E-state index in [1.54, 1.807) is 0 Å². The molecule has 3 fully saturated rings. The molecule has 23 nitrogen and oxygen atoms in total. The van der Waals surface area contributed by atoms with Crippen molar-refractivity contribution in [3.63, 3.8) is 0 Å². The zero-order chi connectivity index (χ0) is 76.0. The molecule has 18 atom stereocenters. The highest BCUT2D eigenvalue weighted by Gasteiger charge is 2.60. The maximum absolute atomic E-state index is 13.6. The first-order chi connectivity index (χ1) is 50.4. The first-order valence-electron chi connectivity index (χ1n) is 42.4. The quantitative estimate of drug-likeness (QED) is 0.0252. The number of rotatable bonds is 68. The van der Waals surface area contributed by atoms with Crippen molar-refractivity contribution < 1.29 is 104 Å². The molecule has 3 heterocycles. The summed E-state index contributed by atoms with van der Waals surface area (Å²) in [4.78, 5) is 38.8. The molecule has 104 heavy (non-hydrogen) atoms. The first kappa shape index (κ1) is 95.9. The van der Waals surface area contributed by atoms with Gasteiger partial charge in [-0.3, -0.25) is 9.59 Å². The van der Waals surface area contributed by atoms with E-state index in [1.807, 2.05) is 0 Å². The van der Waals surface area contributed by atoms with Crippen molar-refractivity contribution >= 4 is 17.8 Å². The maximum atomic E-state index is 13.6. The standard InChI is InChI=1S/C81H154N2O21/c1-4-6-8-10-12-14-16-18-20-22-24-26-28-30-31-33-35-37-39-41-43-45-47-49-51-53-55-68(91)83-62(63(88)54-52-50-48-46-44-42-40-38-36-34-32-29-27-25-23-21-19-17-15-13-11-9-7-5-2)60-99-78-73(95)72(94)75(67(59-86)101-78)102-79-74(96)77(71(93)66(58-85)100-79)104-81(80(97)98)56-64(89)69(82-61(3)87)76(103-81)70(92)65(90)57-84/h62-67,69-79,84-86,88-90,92-96H,4-60H2,1-3H3,(H,82,87)(H,83,91)(H,97,98). The minimum Gasteiger partial charge on any atom is -0.477 e. The van der Waals surface area contributed by atoms with E-state index in [0.29, 0.717) is 19.3 Å². The molecule has 614 valence electrons. The van der Waals surface area contributed by atoms with Crippen LogP contribution in [0.3, 0.4) is 0 Å². The SMILES string of the molecule is CCCCCCCCCCCCCCCCCCCCCCCCCCCCC(=O)NC(COC1OC(CO)C(OC2OC(CO)C(O)C(OC3(C(=O)O)CC(O)C(NC(C)=O)C(C(O)C(O)CO)O3)C2O)C(O)C1O)C(O)CCCCCCCCCCCCCCCCCCCCCCCCCC. The van der Waals surface area contributed by atoms with Gasteiger partial charge in [-0.25, -0.2) is 4.79 Å². The van der Waals surface area contributed by atoms with Crippen LogP contribution in [-0.2, 0) is 42.8 Å². The normalized spacial score (nSPS) is 26.3. The minimum absolute atomic E-state index is 0.230. The van der Waals surface area contributed by atoms with Gasteiger partial charge in [0.1, 0.15) is 67.1 Å². The Hall–Kier alpha value is -2.27. The Kier molecular flexibility index (Phi) is 55.8. The number of aliphatic hydroxyl groups is 11. The predicted molar refractivity (Wildman–Crippen MR) is 403 cm³/mol. The Morgan fingerprint density at radius 2 is 0.837 bits per heavy atom. The van der Waals surface area contributed by atoms with Crippen LogP contribution in [0.25, 0.3) is 0 Å². The van der Waals surface area contributed by atoms with Gasteiger partial charge < -0.3 is 100 Å². The molecule has 0 bridgehead atoms. The van der Waals surface area contributed by atoms with Gasteiger partial charge in [0.05, 0.1) is 50.7 Å². The molecule has 3 aliphatic rings. The number of carbonyl (C=O) groups is 3. The highest BCUT2D eigenvalue weighted by atomic mass is 16.8. The van der Waals surface area contributed by atoms with Crippen LogP contribution in [0, 0.1) is 0 Å². The van der Waals surface area contributed by atoms with Gasteiger partial charge in [0, 0.05) is 19.8 Å². The fourth-order valence-corrected chi connectivity index (χ4v) is 15.1. The number of nitrogens with one attached hydrogen (secondary N) is 2. The molecule has 0 saturated carbocycles. The van der Waals surface area contributed by atoms with Crippen LogP contribution in [0.5, 0.6) is 0 Å². The lowest BCUT2D eigenvalue weighted by Gasteiger charge is -2.50. The van der Waals surface area contributed by atoms with Crippen molar-refractivity contribution in [1.29, 1.82) is 0 Å². The van der Waals surface area contributed by atoms with E-state index in [2.05, 4.69) is 24.5 Å². The summed E-state index contributed by atoms with van der Waals surface area (Å²) in [5.41, 5.74) is 0. The molecule has 0 radical (unpaired) electrons. The monoisotopic (exact) mass is 1490 g/mol. The number of carboxylic acids is 1. The second-order valence-electron chi connectivity index (χ2n) is 31.1. The number of hydrogen-bond donors (Lipinski definition) is 14. The number of carboxylic acid groups (broad SMARTS) is 1. The van der Waals surface area contributed by atoms with E-state index in [1.165, 1.54) is 263 Å². The van der Waals surface area contributed by atoms with Crippen LogP contribution in [0.15, 0.2) is 0 Å². The van der Waals surface area contributed by atoms with E-state index in [-0.39, 0.29) is 18.9 Å². The van der Waals surface area contributed by atoms with Crippen molar-refractivity contribution in [2.45, 2.75) is 471 Å². The molecule has 0 aromatic carbocycles. The molecule has 18 unspecified atom stereocenters. The van der Waals surface area contributed by atoms with E-state index in [0.717, 1.165) is 51.9 Å². The molecule has 3 rings (SSSR count). The van der Waals surface area contributed by atoms with E-state index in [9.17, 15) is 75.7 Å². The van der Waals surface area contributed by atoms with Crippen molar-refractivity contribution in [3.05, 3.63) is 0 Å². The Morgan fingerprint density at radius 1 is 0.462 bits per heavy atom. The second-order valence-corrected chi connectivity index (χ2v) is 31.1. The third-order valence-electron chi connectivity index (χ3n) is 21.8. The number of carbonyl (C=O) groups excluding carboxylic acids is 2. The van der Waals surface area contributed by atoms with Gasteiger partial charge in [0.15, 0.2) is 12.6 Å². The van der Waals surface area contributed by atoms with Gasteiger partial charge >= 0.3 is 5.97 Å². The van der Waals surface area contributed by atoms with Gasteiger partial charge in [0.25, 0.3) is 5.79 Å². The third-order valence-corrected chi connectivity index (χ3v) is 21.8. The fraction of sp³-hybridized carbons (Fsp3) is 0.963. The van der Waals surface area contributed by atoms with Crippen molar-refractivity contribution in [2.24, 2.45) is 0 Å². The molecule has 2 amide bonds. The summed E-state index contributed by atoms with van der Waals surface area (Å²) in [5, 5.41) is 137. The van der Waals surface area contributed by atoms with Crippen LogP contribution >= 0.6 is 0 Å². The van der Waals surface area contributed by atoms with Crippen molar-refractivity contribution in [1.82, 2.24) is 10.6 Å².